The SMILES string of the molecule is Cc1cc(-c2ccccc2)cc(F)c1-c1ccccc1. The van der Waals surface area contributed by atoms with E-state index in [-0.39, 0.29) is 5.82 Å². The molecule has 0 saturated carbocycles. The Hall–Kier alpha value is -2.41. The van der Waals surface area contributed by atoms with Crippen LogP contribution in [0.25, 0.3) is 22.3 Å². The third kappa shape index (κ3) is 2.35. The average molecular weight is 262 g/mol. The minimum Gasteiger partial charge on any atom is -0.206 e. The molecule has 3 rings (SSSR count). The average Bonchev–Trinajstić information content (AvgIpc) is 2.48. The molecular formula is C19H15F. The highest BCUT2D eigenvalue weighted by Crippen LogP contribution is 2.31. The van der Waals surface area contributed by atoms with Crippen LogP contribution < -0.4 is 0 Å². The van der Waals surface area contributed by atoms with Crippen molar-refractivity contribution in [2.45, 2.75) is 6.92 Å². The number of aryl methyl sites for hydroxylation is 1. The molecule has 0 aromatic heterocycles. The maximum atomic E-state index is 14.5. The summed E-state index contributed by atoms with van der Waals surface area (Å²) < 4.78 is 14.5. The predicted octanol–water partition coefficient (Wildman–Crippen LogP) is 5.47. The minimum absolute atomic E-state index is 0.171. The van der Waals surface area contributed by atoms with Gasteiger partial charge in [0.05, 0.1) is 0 Å². The van der Waals surface area contributed by atoms with Gasteiger partial charge in [-0.15, -0.1) is 0 Å². The lowest BCUT2D eigenvalue weighted by Gasteiger charge is -2.11. The van der Waals surface area contributed by atoms with Gasteiger partial charge in [0, 0.05) is 5.56 Å². The van der Waals surface area contributed by atoms with Crippen molar-refractivity contribution in [1.82, 2.24) is 0 Å². The molecule has 0 amide bonds. The van der Waals surface area contributed by atoms with Gasteiger partial charge in [-0.05, 0) is 35.2 Å². The van der Waals surface area contributed by atoms with Crippen LogP contribution in [0, 0.1) is 12.7 Å². The van der Waals surface area contributed by atoms with Crippen molar-refractivity contribution in [3.05, 3.63) is 84.2 Å². The van der Waals surface area contributed by atoms with Gasteiger partial charge in [-0.1, -0.05) is 66.7 Å². The summed E-state index contributed by atoms with van der Waals surface area (Å²) >= 11 is 0. The molecule has 20 heavy (non-hydrogen) atoms. The van der Waals surface area contributed by atoms with Crippen LogP contribution >= 0.6 is 0 Å². The summed E-state index contributed by atoms with van der Waals surface area (Å²) in [6.45, 7) is 1.96. The smallest absolute Gasteiger partial charge is 0.131 e. The highest BCUT2D eigenvalue weighted by atomic mass is 19.1. The summed E-state index contributed by atoms with van der Waals surface area (Å²) in [5, 5.41) is 0. The molecule has 98 valence electrons. The van der Waals surface area contributed by atoms with Crippen LogP contribution in [0.1, 0.15) is 5.56 Å². The molecule has 0 unspecified atom stereocenters. The maximum Gasteiger partial charge on any atom is 0.131 e. The summed E-state index contributed by atoms with van der Waals surface area (Å²) in [6, 6.07) is 23.2. The molecule has 0 atom stereocenters. The van der Waals surface area contributed by atoms with Crippen molar-refractivity contribution in [3.8, 4) is 22.3 Å². The van der Waals surface area contributed by atoms with E-state index in [0.717, 1.165) is 22.3 Å². The van der Waals surface area contributed by atoms with Crippen molar-refractivity contribution in [3.63, 3.8) is 0 Å². The van der Waals surface area contributed by atoms with Crippen molar-refractivity contribution in [2.24, 2.45) is 0 Å². The van der Waals surface area contributed by atoms with Crippen molar-refractivity contribution in [2.75, 3.05) is 0 Å². The van der Waals surface area contributed by atoms with E-state index in [1.165, 1.54) is 0 Å². The van der Waals surface area contributed by atoms with E-state index in [9.17, 15) is 4.39 Å². The van der Waals surface area contributed by atoms with Crippen molar-refractivity contribution < 1.29 is 4.39 Å². The van der Waals surface area contributed by atoms with Crippen LogP contribution in [0.2, 0.25) is 0 Å². The third-order valence-corrected chi connectivity index (χ3v) is 3.46. The molecule has 0 bridgehead atoms. The maximum absolute atomic E-state index is 14.5. The second-order valence-corrected chi connectivity index (χ2v) is 4.88. The topological polar surface area (TPSA) is 0 Å². The lowest BCUT2D eigenvalue weighted by Crippen LogP contribution is -1.91. The molecule has 0 radical (unpaired) electrons. The Morgan fingerprint density at radius 1 is 0.650 bits per heavy atom. The fraction of sp³-hybridized carbons (Fsp3) is 0.0526. The first-order chi connectivity index (χ1) is 9.75. The van der Waals surface area contributed by atoms with Gasteiger partial charge < -0.3 is 0 Å². The molecule has 0 spiro atoms. The van der Waals surface area contributed by atoms with Gasteiger partial charge in [0.25, 0.3) is 0 Å². The van der Waals surface area contributed by atoms with Gasteiger partial charge in [-0.2, -0.15) is 0 Å². The highest BCUT2D eigenvalue weighted by molar-refractivity contribution is 5.74. The molecule has 0 nitrogen and oxygen atoms in total. The van der Waals surface area contributed by atoms with E-state index >= 15 is 0 Å². The van der Waals surface area contributed by atoms with E-state index in [1.54, 1.807) is 6.07 Å². The normalized spacial score (nSPS) is 10.5. The van der Waals surface area contributed by atoms with Gasteiger partial charge >= 0.3 is 0 Å². The Morgan fingerprint density at radius 2 is 1.20 bits per heavy atom. The Morgan fingerprint density at radius 3 is 1.75 bits per heavy atom. The molecule has 0 fully saturated rings. The molecule has 0 aliphatic heterocycles. The first-order valence-electron chi connectivity index (χ1n) is 6.67. The van der Waals surface area contributed by atoms with Gasteiger partial charge in [-0.25, -0.2) is 4.39 Å². The van der Waals surface area contributed by atoms with E-state index < -0.39 is 0 Å². The molecule has 0 heterocycles. The fourth-order valence-electron chi connectivity index (χ4n) is 2.51. The molecule has 0 aliphatic carbocycles. The first kappa shape index (κ1) is 12.6. The quantitative estimate of drug-likeness (QED) is 0.574. The molecule has 3 aromatic rings. The van der Waals surface area contributed by atoms with Crippen LogP contribution in [0.5, 0.6) is 0 Å². The van der Waals surface area contributed by atoms with E-state index in [4.69, 9.17) is 0 Å². The Balaban J connectivity index is 2.13. The number of halogens is 1. The third-order valence-electron chi connectivity index (χ3n) is 3.46. The Labute approximate surface area is 118 Å². The van der Waals surface area contributed by atoms with E-state index in [0.29, 0.717) is 5.56 Å². The van der Waals surface area contributed by atoms with Gasteiger partial charge in [0.2, 0.25) is 0 Å². The molecule has 3 aromatic carbocycles. The summed E-state index contributed by atoms with van der Waals surface area (Å²) in [6.07, 6.45) is 0. The monoisotopic (exact) mass is 262 g/mol. The highest BCUT2D eigenvalue weighted by Gasteiger charge is 2.10. The zero-order valence-electron chi connectivity index (χ0n) is 11.3. The lowest BCUT2D eigenvalue weighted by molar-refractivity contribution is 0.631. The van der Waals surface area contributed by atoms with Crippen LogP contribution in [0.4, 0.5) is 4.39 Å². The Bertz CT molecular complexity index is 692. The number of rotatable bonds is 2. The predicted molar refractivity (Wildman–Crippen MR) is 82.0 cm³/mol. The molecule has 0 saturated heterocycles. The minimum atomic E-state index is -0.171. The first-order valence-corrected chi connectivity index (χ1v) is 6.67. The number of hydrogen-bond acceptors (Lipinski definition) is 0. The van der Waals surface area contributed by atoms with Crippen LogP contribution in [-0.2, 0) is 0 Å². The van der Waals surface area contributed by atoms with Gasteiger partial charge in [-0.3, -0.25) is 0 Å². The standard InChI is InChI=1S/C19H15F/c1-14-12-17(15-8-4-2-5-9-15)13-18(20)19(14)16-10-6-3-7-11-16/h2-13H,1H3. The second kappa shape index (κ2) is 5.30. The summed E-state index contributed by atoms with van der Waals surface area (Å²) in [5.41, 5.74) is 4.51. The van der Waals surface area contributed by atoms with Crippen LogP contribution in [0.3, 0.4) is 0 Å². The van der Waals surface area contributed by atoms with E-state index in [1.807, 2.05) is 73.7 Å². The van der Waals surface area contributed by atoms with E-state index in [2.05, 4.69) is 0 Å². The largest absolute Gasteiger partial charge is 0.206 e. The van der Waals surface area contributed by atoms with Gasteiger partial charge in [0.1, 0.15) is 5.82 Å². The Kier molecular flexibility index (Phi) is 3.34. The van der Waals surface area contributed by atoms with Crippen molar-refractivity contribution in [1.29, 1.82) is 0 Å². The summed E-state index contributed by atoms with van der Waals surface area (Å²) in [5.74, 6) is -0.171. The number of hydrogen-bond donors (Lipinski definition) is 0. The van der Waals surface area contributed by atoms with Crippen LogP contribution in [0.15, 0.2) is 72.8 Å². The lowest BCUT2D eigenvalue weighted by atomic mass is 9.95. The fourth-order valence-corrected chi connectivity index (χ4v) is 2.51. The zero-order valence-corrected chi connectivity index (χ0v) is 11.3. The summed E-state index contributed by atoms with van der Waals surface area (Å²) in [7, 11) is 0. The molecule has 1 heteroatoms. The molecule has 0 N–H and O–H groups in total. The van der Waals surface area contributed by atoms with Gasteiger partial charge in [0.15, 0.2) is 0 Å². The van der Waals surface area contributed by atoms with Crippen molar-refractivity contribution >= 4 is 0 Å². The number of benzene rings is 3. The zero-order chi connectivity index (χ0) is 13.9. The van der Waals surface area contributed by atoms with Crippen LogP contribution in [-0.4, -0.2) is 0 Å². The molecular weight excluding hydrogens is 247 g/mol. The molecule has 0 aliphatic rings. The summed E-state index contributed by atoms with van der Waals surface area (Å²) in [4.78, 5) is 0. The second-order valence-electron chi connectivity index (χ2n) is 4.88.